The van der Waals surface area contributed by atoms with E-state index in [0.29, 0.717) is 0 Å². The molecule has 12 heteroatoms. The van der Waals surface area contributed by atoms with E-state index in [1.54, 1.807) is 18.2 Å². The number of carboxylic acid groups (broad SMARTS) is 1. The number of sulfonamides is 1. The number of amides is 2. The molecule has 0 fully saturated rings. The normalized spacial score (nSPS) is 10.9. The highest BCUT2D eigenvalue weighted by Gasteiger charge is 2.29. The number of nitrogens with one attached hydrogen (secondary N) is 1. The van der Waals surface area contributed by atoms with Gasteiger partial charge in [0.2, 0.25) is 11.8 Å². The van der Waals surface area contributed by atoms with Gasteiger partial charge >= 0.3 is 12.0 Å². The van der Waals surface area contributed by atoms with Gasteiger partial charge in [-0.25, -0.2) is 27.6 Å². The van der Waals surface area contributed by atoms with Gasteiger partial charge in [-0.05, 0) is 24.3 Å². The van der Waals surface area contributed by atoms with Crippen molar-refractivity contribution < 1.29 is 27.9 Å². The molecule has 0 atom stereocenters. The van der Waals surface area contributed by atoms with Gasteiger partial charge in [0.1, 0.15) is 10.0 Å². The summed E-state index contributed by atoms with van der Waals surface area (Å²) in [6, 6.07) is 13.0. The zero-order chi connectivity index (χ0) is 22.6. The molecule has 0 bridgehead atoms. The number of aromatic carboxylic acids is 1. The van der Waals surface area contributed by atoms with Crippen molar-refractivity contribution in [3.63, 3.8) is 0 Å². The molecule has 2 aromatic carbocycles. The summed E-state index contributed by atoms with van der Waals surface area (Å²) in [7, 11) is -3.23. The number of hydrogen-bond donors (Lipinski definition) is 2. The third kappa shape index (κ3) is 4.90. The highest BCUT2D eigenvalue weighted by atomic mass is 35.5. The zero-order valence-corrected chi connectivity index (χ0v) is 17.5. The number of carbonyl (C=O) groups excluding carboxylic acids is 1. The molecule has 0 spiro atoms. The number of para-hydroxylation sites is 1. The summed E-state index contributed by atoms with van der Waals surface area (Å²) >= 11 is 5.98. The van der Waals surface area contributed by atoms with Gasteiger partial charge in [0, 0.05) is 6.07 Å². The van der Waals surface area contributed by atoms with E-state index in [2.05, 4.69) is 9.97 Å². The van der Waals surface area contributed by atoms with Gasteiger partial charge in [-0.1, -0.05) is 41.9 Å². The highest BCUT2D eigenvalue weighted by Crippen LogP contribution is 2.26. The van der Waals surface area contributed by atoms with E-state index in [-0.39, 0.29) is 22.7 Å². The molecule has 0 aliphatic heterocycles. The number of methoxy groups -OCH3 is 1. The summed E-state index contributed by atoms with van der Waals surface area (Å²) in [6.45, 7) is 0. The quantitative estimate of drug-likeness (QED) is 0.533. The van der Waals surface area contributed by atoms with Crippen LogP contribution in [0.5, 0.6) is 5.88 Å². The Balaban J connectivity index is 2.06. The molecule has 2 N–H and O–H groups in total. The number of hydrogen-bond acceptors (Lipinski definition) is 7. The molecule has 3 rings (SSSR count). The minimum Gasteiger partial charge on any atom is -0.481 e. The molecule has 0 unspecified atom stereocenters. The predicted molar refractivity (Wildman–Crippen MR) is 111 cm³/mol. The lowest BCUT2D eigenvalue weighted by molar-refractivity contribution is 0.0692. The van der Waals surface area contributed by atoms with Crippen molar-refractivity contribution >= 4 is 45.3 Å². The second-order valence-electron chi connectivity index (χ2n) is 5.92. The number of urea groups is 1. The topological polar surface area (TPSA) is 139 Å². The van der Waals surface area contributed by atoms with Crippen LogP contribution in [0.4, 0.5) is 16.4 Å². The lowest BCUT2D eigenvalue weighted by Crippen LogP contribution is -2.41. The maximum absolute atomic E-state index is 13.0. The first-order valence-corrected chi connectivity index (χ1v) is 10.4. The smallest absolute Gasteiger partial charge is 0.342 e. The molecular formula is C19H15ClN4O6S. The second-order valence-corrected chi connectivity index (χ2v) is 7.95. The van der Waals surface area contributed by atoms with Gasteiger partial charge in [0.25, 0.3) is 10.0 Å². The molecule has 0 saturated heterocycles. The summed E-state index contributed by atoms with van der Waals surface area (Å²) in [5, 5.41) is 9.23. The minimum absolute atomic E-state index is 0.0443. The fraction of sp³-hybridized carbons (Fsp3) is 0.0526. The number of carbonyl (C=O) groups is 2. The maximum atomic E-state index is 13.0. The Kier molecular flexibility index (Phi) is 6.37. The number of carboxylic acids is 1. The standard InChI is InChI=1S/C19H15ClN4O6S/c1-30-16-11-15(20)21-18(22-16)24(12-7-3-2-4-8-12)19(27)23-31(28,29)14-10-6-5-9-13(14)17(25)26/h2-11H,1H3,(H,23,27)(H,25,26). The van der Waals surface area contributed by atoms with Crippen LogP contribution in [-0.4, -0.2) is 42.6 Å². The van der Waals surface area contributed by atoms with E-state index < -0.39 is 32.5 Å². The van der Waals surface area contributed by atoms with Crippen LogP contribution in [0.2, 0.25) is 5.15 Å². The number of halogens is 1. The molecule has 3 aromatic rings. The summed E-state index contributed by atoms with van der Waals surface area (Å²) in [5.74, 6) is -1.67. The fourth-order valence-corrected chi connectivity index (χ4v) is 3.89. The molecule has 0 radical (unpaired) electrons. The molecule has 2 amide bonds. The van der Waals surface area contributed by atoms with E-state index in [4.69, 9.17) is 16.3 Å². The van der Waals surface area contributed by atoms with Crippen LogP contribution in [-0.2, 0) is 10.0 Å². The van der Waals surface area contributed by atoms with E-state index in [0.717, 1.165) is 17.0 Å². The number of ether oxygens (including phenoxy) is 1. The SMILES string of the molecule is COc1cc(Cl)nc(N(C(=O)NS(=O)(=O)c2ccccc2C(=O)O)c2ccccc2)n1. The van der Waals surface area contributed by atoms with Crippen LogP contribution in [0.3, 0.4) is 0 Å². The molecule has 160 valence electrons. The van der Waals surface area contributed by atoms with Gasteiger partial charge in [-0.15, -0.1) is 0 Å². The van der Waals surface area contributed by atoms with Gasteiger partial charge in [-0.2, -0.15) is 9.97 Å². The number of aromatic nitrogens is 2. The van der Waals surface area contributed by atoms with Crippen LogP contribution in [0.1, 0.15) is 10.4 Å². The molecule has 0 aliphatic rings. The molecule has 0 aliphatic carbocycles. The Labute approximate surface area is 182 Å². The summed E-state index contributed by atoms with van der Waals surface area (Å²) in [4.78, 5) is 32.8. The van der Waals surface area contributed by atoms with Gasteiger partial charge in [0.05, 0.1) is 18.4 Å². The van der Waals surface area contributed by atoms with Crippen LogP contribution < -0.4 is 14.4 Å². The monoisotopic (exact) mass is 462 g/mol. The first-order chi connectivity index (χ1) is 14.7. The average molecular weight is 463 g/mol. The maximum Gasteiger partial charge on any atom is 0.342 e. The lowest BCUT2D eigenvalue weighted by Gasteiger charge is -2.22. The Morgan fingerprint density at radius 3 is 2.35 bits per heavy atom. The van der Waals surface area contributed by atoms with Gasteiger partial charge in [0.15, 0.2) is 0 Å². The lowest BCUT2D eigenvalue weighted by atomic mass is 10.2. The van der Waals surface area contributed by atoms with Crippen molar-refractivity contribution in [2.45, 2.75) is 4.90 Å². The van der Waals surface area contributed by atoms with Crippen molar-refractivity contribution in [1.82, 2.24) is 14.7 Å². The first-order valence-electron chi connectivity index (χ1n) is 8.56. The zero-order valence-electron chi connectivity index (χ0n) is 15.9. The molecule has 31 heavy (non-hydrogen) atoms. The molecule has 10 nitrogen and oxygen atoms in total. The average Bonchev–Trinajstić information content (AvgIpc) is 2.74. The second kappa shape index (κ2) is 8.98. The number of nitrogens with zero attached hydrogens (tertiary/aromatic N) is 3. The Bertz CT molecular complexity index is 1240. The minimum atomic E-state index is -4.56. The Morgan fingerprint density at radius 1 is 1.06 bits per heavy atom. The van der Waals surface area contributed by atoms with Crippen molar-refractivity contribution in [2.24, 2.45) is 0 Å². The third-order valence-corrected chi connectivity index (χ3v) is 5.49. The highest BCUT2D eigenvalue weighted by molar-refractivity contribution is 7.90. The third-order valence-electron chi connectivity index (χ3n) is 3.91. The number of rotatable bonds is 6. The van der Waals surface area contributed by atoms with Crippen LogP contribution in [0.25, 0.3) is 0 Å². The predicted octanol–water partition coefficient (Wildman–Crippen LogP) is 3.07. The Hall–Kier alpha value is -3.70. The van der Waals surface area contributed by atoms with Gasteiger partial charge < -0.3 is 9.84 Å². The fourth-order valence-electron chi connectivity index (χ4n) is 2.58. The van der Waals surface area contributed by atoms with Crippen molar-refractivity contribution in [2.75, 3.05) is 12.0 Å². The number of benzene rings is 2. The van der Waals surface area contributed by atoms with Gasteiger partial charge in [-0.3, -0.25) is 0 Å². The molecular weight excluding hydrogens is 448 g/mol. The molecule has 0 saturated carbocycles. The number of anilines is 2. The largest absolute Gasteiger partial charge is 0.481 e. The van der Waals surface area contributed by atoms with E-state index in [1.807, 2.05) is 4.72 Å². The Morgan fingerprint density at radius 2 is 1.71 bits per heavy atom. The summed E-state index contributed by atoms with van der Waals surface area (Å²) in [5.41, 5.74) is -0.263. The molecule has 1 aromatic heterocycles. The molecule has 1 heterocycles. The van der Waals surface area contributed by atoms with Crippen LogP contribution in [0, 0.1) is 0 Å². The van der Waals surface area contributed by atoms with E-state index in [9.17, 15) is 23.1 Å². The van der Waals surface area contributed by atoms with Crippen LogP contribution in [0.15, 0.2) is 65.6 Å². The summed E-state index contributed by atoms with van der Waals surface area (Å²) in [6.07, 6.45) is 0. The van der Waals surface area contributed by atoms with E-state index in [1.165, 1.54) is 37.4 Å². The van der Waals surface area contributed by atoms with Crippen molar-refractivity contribution in [3.8, 4) is 5.88 Å². The first kappa shape index (κ1) is 22.0. The summed E-state index contributed by atoms with van der Waals surface area (Å²) < 4.78 is 32.5. The van der Waals surface area contributed by atoms with Crippen molar-refractivity contribution in [1.29, 1.82) is 0 Å². The van der Waals surface area contributed by atoms with Crippen LogP contribution >= 0.6 is 11.6 Å². The van der Waals surface area contributed by atoms with E-state index >= 15 is 0 Å². The van der Waals surface area contributed by atoms with Crippen molar-refractivity contribution in [3.05, 3.63) is 71.4 Å².